The summed E-state index contributed by atoms with van der Waals surface area (Å²) in [5, 5.41) is 4.89. The summed E-state index contributed by atoms with van der Waals surface area (Å²) in [6.07, 6.45) is 2.39. The first-order valence-electron chi connectivity index (χ1n) is 13.5. The monoisotopic (exact) mass is 504 g/mol. The Morgan fingerprint density at radius 2 is 1.68 bits per heavy atom. The molecule has 0 amide bonds. The van der Waals surface area contributed by atoms with Gasteiger partial charge in [-0.2, -0.15) is 0 Å². The Morgan fingerprint density at radius 3 is 2.39 bits per heavy atom. The molecule has 3 aromatic carbocycles. The first-order chi connectivity index (χ1) is 18.5. The molecule has 3 N–H and O–H groups in total. The molecule has 0 unspecified atom stereocenters. The maximum atomic E-state index is 13.6. The third kappa shape index (κ3) is 3.94. The van der Waals surface area contributed by atoms with Crippen molar-refractivity contribution in [3.63, 3.8) is 0 Å². The topological polar surface area (TPSA) is 80.0 Å². The summed E-state index contributed by atoms with van der Waals surface area (Å²) in [4.78, 5) is 29.6. The van der Waals surface area contributed by atoms with Crippen LogP contribution >= 0.6 is 0 Å². The van der Waals surface area contributed by atoms with Gasteiger partial charge < -0.3 is 25.1 Å². The molecule has 3 aliphatic rings. The van der Waals surface area contributed by atoms with Gasteiger partial charge >= 0.3 is 0 Å². The van der Waals surface area contributed by atoms with Crippen molar-refractivity contribution >= 4 is 33.3 Å². The third-order valence-corrected chi connectivity index (χ3v) is 8.34. The number of imidazole rings is 1. The van der Waals surface area contributed by atoms with Gasteiger partial charge in [-0.15, -0.1) is 0 Å². The van der Waals surface area contributed by atoms with Gasteiger partial charge in [0.15, 0.2) is 0 Å². The molecule has 192 valence electrons. The number of nitrogens with zero attached hydrogens (tertiary/aromatic N) is 3. The SMILES string of the molecule is CN(C)c1ccc(-c2ccc3[nH]c(=O)c(-c4nc5ccccc5[nH]4)c(N[C@H]4CN5CCC4CC5)c3c2)cc1. The summed E-state index contributed by atoms with van der Waals surface area (Å²) in [6, 6.07) is 23.1. The summed E-state index contributed by atoms with van der Waals surface area (Å²) in [5.74, 6) is 1.21. The number of rotatable bonds is 5. The molecule has 5 aromatic rings. The van der Waals surface area contributed by atoms with Gasteiger partial charge in [-0.3, -0.25) is 4.79 Å². The molecule has 5 heterocycles. The number of aromatic nitrogens is 3. The average molecular weight is 505 g/mol. The van der Waals surface area contributed by atoms with Crippen LogP contribution in [0.5, 0.6) is 0 Å². The Balaban J connectivity index is 1.41. The number of pyridine rings is 1. The molecule has 0 saturated carbocycles. The van der Waals surface area contributed by atoms with Crippen molar-refractivity contribution in [3.05, 3.63) is 77.1 Å². The van der Waals surface area contributed by atoms with Gasteiger partial charge in [0.25, 0.3) is 5.56 Å². The number of H-pyrrole nitrogens is 2. The highest BCUT2D eigenvalue weighted by Crippen LogP contribution is 2.37. The molecule has 8 rings (SSSR count). The van der Waals surface area contributed by atoms with E-state index in [-0.39, 0.29) is 5.56 Å². The van der Waals surface area contributed by atoms with Gasteiger partial charge in [-0.25, -0.2) is 4.98 Å². The summed E-state index contributed by atoms with van der Waals surface area (Å²) >= 11 is 0. The fourth-order valence-electron chi connectivity index (χ4n) is 6.19. The first kappa shape index (κ1) is 23.0. The molecule has 38 heavy (non-hydrogen) atoms. The van der Waals surface area contributed by atoms with Gasteiger partial charge in [0.1, 0.15) is 11.4 Å². The number of hydrogen-bond acceptors (Lipinski definition) is 5. The van der Waals surface area contributed by atoms with Crippen molar-refractivity contribution in [2.24, 2.45) is 5.92 Å². The molecule has 3 aliphatic heterocycles. The molecule has 0 spiro atoms. The predicted octanol–water partition coefficient (Wildman–Crippen LogP) is 5.31. The first-order valence-corrected chi connectivity index (χ1v) is 13.5. The molecule has 2 bridgehead atoms. The summed E-state index contributed by atoms with van der Waals surface area (Å²) in [5.41, 5.74) is 7.33. The van der Waals surface area contributed by atoms with Crippen molar-refractivity contribution in [2.45, 2.75) is 18.9 Å². The lowest BCUT2D eigenvalue weighted by Crippen LogP contribution is -2.53. The number of benzene rings is 3. The quantitative estimate of drug-likeness (QED) is 0.302. The fraction of sp³-hybridized carbons (Fsp3) is 0.290. The van der Waals surface area contributed by atoms with Crippen molar-refractivity contribution in [3.8, 4) is 22.5 Å². The second kappa shape index (κ2) is 9.03. The minimum atomic E-state index is -0.136. The molecule has 7 heteroatoms. The Labute approximate surface area is 221 Å². The molecule has 3 saturated heterocycles. The van der Waals surface area contributed by atoms with Crippen molar-refractivity contribution < 1.29 is 0 Å². The van der Waals surface area contributed by atoms with E-state index in [1.807, 2.05) is 44.4 Å². The van der Waals surface area contributed by atoms with E-state index in [1.165, 1.54) is 25.9 Å². The van der Waals surface area contributed by atoms with Crippen LogP contribution in [-0.2, 0) is 0 Å². The van der Waals surface area contributed by atoms with Gasteiger partial charge in [-0.05, 0) is 79.4 Å². The van der Waals surface area contributed by atoms with Gasteiger partial charge in [0, 0.05) is 37.8 Å². The second-order valence-electron chi connectivity index (χ2n) is 10.9. The average Bonchev–Trinajstić information content (AvgIpc) is 3.37. The Morgan fingerprint density at radius 1 is 0.921 bits per heavy atom. The minimum Gasteiger partial charge on any atom is -0.379 e. The fourth-order valence-corrected chi connectivity index (χ4v) is 6.19. The predicted molar refractivity (Wildman–Crippen MR) is 156 cm³/mol. The summed E-state index contributed by atoms with van der Waals surface area (Å²) in [7, 11) is 4.10. The van der Waals surface area contributed by atoms with E-state index in [2.05, 4.69) is 61.5 Å². The largest absolute Gasteiger partial charge is 0.379 e. The normalized spacial score (nSPS) is 20.7. The lowest BCUT2D eigenvalue weighted by molar-refractivity contribution is 0.0976. The zero-order valence-electron chi connectivity index (χ0n) is 21.8. The van der Waals surface area contributed by atoms with Crippen LogP contribution in [0, 0.1) is 5.92 Å². The van der Waals surface area contributed by atoms with Crippen molar-refractivity contribution in [2.75, 3.05) is 43.9 Å². The molecule has 1 atom stereocenters. The molecule has 3 fully saturated rings. The number of aromatic amines is 2. The molecule has 0 radical (unpaired) electrons. The number of fused-ring (bicyclic) bond motifs is 5. The smallest absolute Gasteiger partial charge is 0.261 e. The van der Waals surface area contributed by atoms with Gasteiger partial charge in [0.2, 0.25) is 0 Å². The standard InChI is InChI=1S/C31H32N6O/c1-36(2)22-10-7-19(8-11-22)21-9-12-24-23(17-21)29(32-27-18-37-15-13-20(27)14-16-37)28(31(38)35-24)30-33-25-5-3-4-6-26(25)34-30/h3-12,17,20,27H,13-16,18H2,1-2H3,(H,33,34)(H2,32,35,38)/t27-/m0/s1. The van der Waals surface area contributed by atoms with E-state index in [1.54, 1.807) is 0 Å². The van der Waals surface area contributed by atoms with E-state index in [0.29, 0.717) is 23.3 Å². The van der Waals surface area contributed by atoms with E-state index >= 15 is 0 Å². The summed E-state index contributed by atoms with van der Waals surface area (Å²) < 4.78 is 0. The third-order valence-electron chi connectivity index (χ3n) is 8.34. The van der Waals surface area contributed by atoms with Crippen LogP contribution < -0.4 is 15.8 Å². The van der Waals surface area contributed by atoms with Crippen LogP contribution in [0.25, 0.3) is 44.5 Å². The second-order valence-corrected chi connectivity index (χ2v) is 10.9. The van der Waals surface area contributed by atoms with Crippen LogP contribution in [0.4, 0.5) is 11.4 Å². The highest BCUT2D eigenvalue weighted by atomic mass is 16.1. The van der Waals surface area contributed by atoms with Crippen LogP contribution in [0.3, 0.4) is 0 Å². The number of para-hydroxylation sites is 2. The Bertz CT molecular complexity index is 1660. The number of hydrogen-bond donors (Lipinski definition) is 3. The maximum Gasteiger partial charge on any atom is 0.261 e. The zero-order chi connectivity index (χ0) is 25.8. The summed E-state index contributed by atoms with van der Waals surface area (Å²) in [6.45, 7) is 3.34. The van der Waals surface area contributed by atoms with Crippen LogP contribution in [0.15, 0.2) is 71.5 Å². The van der Waals surface area contributed by atoms with Crippen molar-refractivity contribution in [1.29, 1.82) is 0 Å². The lowest BCUT2D eigenvalue weighted by atomic mass is 9.83. The molecular formula is C31H32N6O. The lowest BCUT2D eigenvalue weighted by Gasteiger charge is -2.45. The van der Waals surface area contributed by atoms with Crippen molar-refractivity contribution in [1.82, 2.24) is 19.9 Å². The van der Waals surface area contributed by atoms with E-state index in [0.717, 1.165) is 51.0 Å². The minimum absolute atomic E-state index is 0.136. The Kier molecular flexibility index (Phi) is 5.48. The number of piperidine rings is 3. The molecular weight excluding hydrogens is 472 g/mol. The molecule has 7 nitrogen and oxygen atoms in total. The zero-order valence-corrected chi connectivity index (χ0v) is 21.8. The van der Waals surface area contributed by atoms with Gasteiger partial charge in [-0.1, -0.05) is 30.3 Å². The maximum absolute atomic E-state index is 13.6. The molecule has 0 aliphatic carbocycles. The molecule has 2 aromatic heterocycles. The van der Waals surface area contributed by atoms with E-state index < -0.39 is 0 Å². The van der Waals surface area contributed by atoms with E-state index in [4.69, 9.17) is 4.98 Å². The highest BCUT2D eigenvalue weighted by Gasteiger charge is 2.35. The van der Waals surface area contributed by atoms with Crippen LogP contribution in [-0.4, -0.2) is 59.6 Å². The highest BCUT2D eigenvalue weighted by molar-refractivity contribution is 6.01. The number of nitrogens with one attached hydrogen (secondary N) is 3. The van der Waals surface area contributed by atoms with Gasteiger partial charge in [0.05, 0.1) is 22.2 Å². The van der Waals surface area contributed by atoms with Crippen LogP contribution in [0.2, 0.25) is 0 Å². The Hall–Kier alpha value is -4.10. The van der Waals surface area contributed by atoms with Crippen LogP contribution in [0.1, 0.15) is 12.8 Å². The number of anilines is 2. The van der Waals surface area contributed by atoms with E-state index in [9.17, 15) is 4.79 Å².